The number of nitrogens with one attached hydrogen (secondary N) is 1. The molecule has 0 spiro atoms. The first-order valence-electron chi connectivity index (χ1n) is 9.05. The first kappa shape index (κ1) is 19.5. The summed E-state index contributed by atoms with van der Waals surface area (Å²) in [5.41, 5.74) is 6.36. The molecule has 8 nitrogen and oxygen atoms in total. The van der Waals surface area contributed by atoms with Crippen LogP contribution in [-0.4, -0.2) is 26.6 Å². The van der Waals surface area contributed by atoms with E-state index >= 15 is 0 Å². The number of aromatic nitrogens is 2. The van der Waals surface area contributed by atoms with Gasteiger partial charge in [0.05, 0.1) is 27.9 Å². The number of nitro groups is 1. The molecule has 1 N–H and O–H groups in total. The second-order valence-corrected chi connectivity index (χ2v) is 7.75. The van der Waals surface area contributed by atoms with Crippen molar-refractivity contribution < 1.29 is 9.72 Å². The Labute approximate surface area is 175 Å². The summed E-state index contributed by atoms with van der Waals surface area (Å²) < 4.78 is 2.87. The van der Waals surface area contributed by atoms with Crippen LogP contribution in [0.15, 0.2) is 60.0 Å². The van der Waals surface area contributed by atoms with Gasteiger partial charge in [0.15, 0.2) is 0 Å². The molecule has 0 aliphatic carbocycles. The molecule has 0 unspecified atom stereocenters. The average Bonchev–Trinajstić information content (AvgIpc) is 3.28. The van der Waals surface area contributed by atoms with Crippen molar-refractivity contribution in [3.05, 3.63) is 86.8 Å². The molecule has 0 aliphatic heterocycles. The van der Waals surface area contributed by atoms with Crippen molar-refractivity contribution in [1.82, 2.24) is 15.0 Å². The number of hydrogen-bond donors (Lipinski definition) is 1. The van der Waals surface area contributed by atoms with Gasteiger partial charge in [0.2, 0.25) is 0 Å². The number of fused-ring (bicyclic) bond motifs is 1. The van der Waals surface area contributed by atoms with Crippen LogP contribution in [0, 0.1) is 24.0 Å². The minimum absolute atomic E-state index is 0.00532. The minimum atomic E-state index is -0.455. The molecule has 3 aromatic heterocycles. The van der Waals surface area contributed by atoms with Crippen molar-refractivity contribution in [3.63, 3.8) is 0 Å². The fourth-order valence-corrected chi connectivity index (χ4v) is 4.21. The number of rotatable bonds is 5. The predicted molar refractivity (Wildman–Crippen MR) is 117 cm³/mol. The van der Waals surface area contributed by atoms with E-state index in [1.54, 1.807) is 30.7 Å². The molecule has 0 fully saturated rings. The zero-order valence-corrected chi connectivity index (χ0v) is 17.0. The van der Waals surface area contributed by atoms with Gasteiger partial charge in [-0.15, -0.1) is 11.3 Å². The van der Waals surface area contributed by atoms with Crippen LogP contribution in [0.25, 0.3) is 15.8 Å². The summed E-state index contributed by atoms with van der Waals surface area (Å²) in [6.07, 6.45) is 5.11. The first-order chi connectivity index (χ1) is 14.4. The minimum Gasteiger partial charge on any atom is -0.316 e. The van der Waals surface area contributed by atoms with Gasteiger partial charge < -0.3 is 4.57 Å². The summed E-state index contributed by atoms with van der Waals surface area (Å²) in [6, 6.07) is 12.0. The molecule has 4 aromatic rings. The van der Waals surface area contributed by atoms with E-state index in [1.807, 2.05) is 32.0 Å². The van der Waals surface area contributed by atoms with E-state index in [0.717, 1.165) is 27.3 Å². The van der Waals surface area contributed by atoms with Gasteiger partial charge in [0.25, 0.3) is 11.6 Å². The lowest BCUT2D eigenvalue weighted by atomic mass is 10.2. The van der Waals surface area contributed by atoms with E-state index in [1.165, 1.54) is 23.5 Å². The number of carbonyl (C=O) groups excluding carboxylic acids is 1. The fourth-order valence-electron chi connectivity index (χ4n) is 3.27. The highest BCUT2D eigenvalue weighted by Crippen LogP contribution is 2.29. The van der Waals surface area contributed by atoms with Crippen LogP contribution in [0.5, 0.6) is 0 Å². The molecule has 1 aromatic carbocycles. The summed E-state index contributed by atoms with van der Waals surface area (Å²) in [4.78, 5) is 27.5. The Balaban J connectivity index is 1.52. The van der Waals surface area contributed by atoms with E-state index in [9.17, 15) is 14.9 Å². The molecule has 30 heavy (non-hydrogen) atoms. The maximum absolute atomic E-state index is 12.4. The maximum Gasteiger partial charge on any atom is 0.281 e. The smallest absolute Gasteiger partial charge is 0.281 e. The standard InChI is InChI=1S/C21H17N5O3S/c1-13-8-16(14(2)25(13)18-4-3-7-22-12-18)11-23-24-21(27)20-10-15-9-17(26(28)29)5-6-19(15)30-20/h3-12H,1-2H3,(H,24,27)/b23-11-. The average molecular weight is 419 g/mol. The van der Waals surface area contributed by atoms with Crippen LogP contribution < -0.4 is 5.43 Å². The number of amides is 1. The molecular weight excluding hydrogens is 402 g/mol. The van der Waals surface area contributed by atoms with Crippen LogP contribution in [0.3, 0.4) is 0 Å². The van der Waals surface area contributed by atoms with Gasteiger partial charge in [-0.1, -0.05) is 0 Å². The van der Waals surface area contributed by atoms with E-state index in [-0.39, 0.29) is 11.6 Å². The Morgan fingerprint density at radius 2 is 2.10 bits per heavy atom. The highest BCUT2D eigenvalue weighted by molar-refractivity contribution is 7.20. The van der Waals surface area contributed by atoms with Crippen LogP contribution in [0.4, 0.5) is 5.69 Å². The molecule has 0 atom stereocenters. The van der Waals surface area contributed by atoms with E-state index in [2.05, 4.69) is 20.1 Å². The summed E-state index contributed by atoms with van der Waals surface area (Å²) in [5, 5.41) is 15.7. The zero-order chi connectivity index (χ0) is 21.3. The number of aryl methyl sites for hydroxylation is 1. The molecule has 0 saturated heterocycles. The highest BCUT2D eigenvalue weighted by atomic mass is 32.1. The molecule has 3 heterocycles. The largest absolute Gasteiger partial charge is 0.316 e. The molecule has 150 valence electrons. The third-order valence-corrected chi connectivity index (χ3v) is 5.79. The van der Waals surface area contributed by atoms with Crippen molar-refractivity contribution in [2.45, 2.75) is 13.8 Å². The number of nitro benzene ring substituents is 1. The molecule has 0 aliphatic rings. The summed E-state index contributed by atoms with van der Waals surface area (Å²) in [5.74, 6) is -0.365. The van der Waals surface area contributed by atoms with E-state index in [4.69, 9.17) is 0 Å². The van der Waals surface area contributed by atoms with Crippen molar-refractivity contribution in [2.24, 2.45) is 5.10 Å². The lowest BCUT2D eigenvalue weighted by molar-refractivity contribution is -0.384. The number of thiophene rings is 1. The van der Waals surface area contributed by atoms with Crippen molar-refractivity contribution in [3.8, 4) is 5.69 Å². The van der Waals surface area contributed by atoms with Gasteiger partial charge in [0, 0.05) is 45.4 Å². The molecule has 0 saturated carbocycles. The summed E-state index contributed by atoms with van der Waals surface area (Å²) >= 11 is 1.26. The lowest BCUT2D eigenvalue weighted by Gasteiger charge is -2.08. The van der Waals surface area contributed by atoms with Crippen LogP contribution in [-0.2, 0) is 0 Å². The highest BCUT2D eigenvalue weighted by Gasteiger charge is 2.13. The Bertz CT molecular complexity index is 1290. The van der Waals surface area contributed by atoms with E-state index < -0.39 is 4.92 Å². The first-order valence-corrected chi connectivity index (χ1v) is 9.86. The van der Waals surface area contributed by atoms with Crippen LogP contribution in [0.1, 0.15) is 26.6 Å². The summed E-state index contributed by atoms with van der Waals surface area (Å²) in [7, 11) is 0. The van der Waals surface area contributed by atoms with Crippen molar-refractivity contribution >= 4 is 39.2 Å². The van der Waals surface area contributed by atoms with Gasteiger partial charge in [-0.3, -0.25) is 19.9 Å². The van der Waals surface area contributed by atoms with Crippen LogP contribution in [0.2, 0.25) is 0 Å². The maximum atomic E-state index is 12.4. The quantitative estimate of drug-likeness (QED) is 0.295. The zero-order valence-electron chi connectivity index (χ0n) is 16.2. The normalized spacial score (nSPS) is 11.3. The van der Waals surface area contributed by atoms with Crippen molar-refractivity contribution in [2.75, 3.05) is 0 Å². The lowest BCUT2D eigenvalue weighted by Crippen LogP contribution is -2.16. The fraction of sp³-hybridized carbons (Fsp3) is 0.0952. The number of pyridine rings is 1. The number of carbonyl (C=O) groups is 1. The Morgan fingerprint density at radius 3 is 2.83 bits per heavy atom. The monoisotopic (exact) mass is 419 g/mol. The van der Waals surface area contributed by atoms with Gasteiger partial charge >= 0.3 is 0 Å². The second kappa shape index (κ2) is 7.88. The number of benzene rings is 1. The molecule has 0 bridgehead atoms. The van der Waals surface area contributed by atoms with E-state index in [0.29, 0.717) is 10.3 Å². The van der Waals surface area contributed by atoms with Gasteiger partial charge in [0.1, 0.15) is 0 Å². The predicted octanol–water partition coefficient (Wildman–Crippen LogP) is 4.38. The van der Waals surface area contributed by atoms with Crippen molar-refractivity contribution in [1.29, 1.82) is 0 Å². The number of non-ortho nitro benzene ring substituents is 1. The molecule has 0 radical (unpaired) electrons. The Kier molecular flexibility index (Phi) is 5.11. The second-order valence-electron chi connectivity index (χ2n) is 6.66. The molecule has 4 rings (SSSR count). The van der Waals surface area contributed by atoms with Gasteiger partial charge in [-0.2, -0.15) is 5.10 Å². The van der Waals surface area contributed by atoms with Crippen LogP contribution >= 0.6 is 11.3 Å². The third-order valence-electron chi connectivity index (χ3n) is 4.68. The third kappa shape index (κ3) is 3.70. The SMILES string of the molecule is Cc1cc(/C=N\NC(=O)c2cc3cc([N+](=O)[O-])ccc3s2)c(C)n1-c1cccnc1. The van der Waals surface area contributed by atoms with Gasteiger partial charge in [-0.05, 0) is 44.2 Å². The Morgan fingerprint density at radius 1 is 1.27 bits per heavy atom. The molecule has 9 heteroatoms. The molecule has 1 amide bonds. The van der Waals surface area contributed by atoms with Gasteiger partial charge in [-0.25, -0.2) is 5.43 Å². The number of hydrogen-bond acceptors (Lipinski definition) is 6. The topological polar surface area (TPSA) is 102 Å². The summed E-state index contributed by atoms with van der Waals surface area (Å²) in [6.45, 7) is 3.97. The Hall–Kier alpha value is -3.85. The molecular formula is C21H17N5O3S. The number of hydrazone groups is 1. The number of nitrogens with zero attached hydrogens (tertiary/aromatic N) is 4.